The number of nitrogens with zero attached hydrogens (tertiary/aromatic N) is 1. The Morgan fingerprint density at radius 1 is 1.06 bits per heavy atom. The molecule has 1 N–H and O–H groups in total. The molecule has 5 nitrogen and oxygen atoms in total. The number of rotatable bonds is 10. The van der Waals surface area contributed by atoms with Gasteiger partial charge in [0.15, 0.2) is 0 Å². The van der Waals surface area contributed by atoms with Crippen molar-refractivity contribution in [1.82, 2.24) is 10.2 Å². The zero-order valence-corrected chi connectivity index (χ0v) is 19.5. The third kappa shape index (κ3) is 7.27. The highest BCUT2D eigenvalue weighted by Gasteiger charge is 2.28. The molecule has 0 aliphatic heterocycles. The SMILES string of the molecule is C[C@@H](C(=O)NC1CCCCC1)N(Cc1ccccc1Cl)C(=O)CCCOc1ccccc1. The molecule has 3 rings (SSSR count). The Hall–Kier alpha value is -2.53. The summed E-state index contributed by atoms with van der Waals surface area (Å²) in [7, 11) is 0. The van der Waals surface area contributed by atoms with Crippen molar-refractivity contribution in [2.75, 3.05) is 6.61 Å². The van der Waals surface area contributed by atoms with Crippen LogP contribution in [0.3, 0.4) is 0 Å². The molecule has 0 radical (unpaired) electrons. The molecule has 32 heavy (non-hydrogen) atoms. The first-order chi connectivity index (χ1) is 15.5. The highest BCUT2D eigenvalue weighted by atomic mass is 35.5. The third-order valence-corrected chi connectivity index (χ3v) is 6.33. The zero-order chi connectivity index (χ0) is 22.8. The maximum atomic E-state index is 13.2. The normalized spacial score (nSPS) is 15.1. The quantitative estimate of drug-likeness (QED) is 0.489. The number of benzene rings is 2. The van der Waals surface area contributed by atoms with Crippen molar-refractivity contribution in [1.29, 1.82) is 0 Å². The molecule has 2 aromatic rings. The second-order valence-electron chi connectivity index (χ2n) is 8.40. The van der Waals surface area contributed by atoms with Gasteiger partial charge in [0, 0.05) is 24.0 Å². The van der Waals surface area contributed by atoms with Gasteiger partial charge in [0.1, 0.15) is 11.8 Å². The minimum Gasteiger partial charge on any atom is -0.494 e. The van der Waals surface area contributed by atoms with E-state index >= 15 is 0 Å². The Kier molecular flexibility index (Phi) is 9.42. The maximum Gasteiger partial charge on any atom is 0.242 e. The van der Waals surface area contributed by atoms with Gasteiger partial charge < -0.3 is 15.0 Å². The number of para-hydroxylation sites is 1. The molecule has 0 bridgehead atoms. The van der Waals surface area contributed by atoms with Crippen LogP contribution in [-0.4, -0.2) is 35.4 Å². The number of halogens is 1. The first-order valence-corrected chi connectivity index (χ1v) is 11.9. The number of hydrogen-bond donors (Lipinski definition) is 1. The van der Waals surface area contributed by atoms with Crippen LogP contribution in [0.1, 0.15) is 57.4 Å². The average molecular weight is 457 g/mol. The van der Waals surface area contributed by atoms with Gasteiger partial charge in [0.2, 0.25) is 11.8 Å². The molecule has 1 aliphatic carbocycles. The Bertz CT molecular complexity index is 868. The van der Waals surface area contributed by atoms with Crippen molar-refractivity contribution >= 4 is 23.4 Å². The van der Waals surface area contributed by atoms with Crippen LogP contribution in [0.5, 0.6) is 5.75 Å². The molecule has 0 unspecified atom stereocenters. The summed E-state index contributed by atoms with van der Waals surface area (Å²) in [6.45, 7) is 2.54. The van der Waals surface area contributed by atoms with E-state index in [2.05, 4.69) is 5.32 Å². The van der Waals surface area contributed by atoms with Crippen molar-refractivity contribution in [3.8, 4) is 5.75 Å². The predicted octanol–water partition coefficient (Wildman–Crippen LogP) is 5.37. The summed E-state index contributed by atoms with van der Waals surface area (Å²) < 4.78 is 5.71. The van der Waals surface area contributed by atoms with E-state index in [1.807, 2.05) is 48.5 Å². The molecule has 6 heteroatoms. The van der Waals surface area contributed by atoms with E-state index in [0.29, 0.717) is 31.0 Å². The fraction of sp³-hybridized carbons (Fsp3) is 0.462. The topological polar surface area (TPSA) is 58.6 Å². The number of carbonyl (C=O) groups is 2. The molecule has 1 aliphatic rings. The predicted molar refractivity (Wildman–Crippen MR) is 128 cm³/mol. The number of ether oxygens (including phenoxy) is 1. The fourth-order valence-electron chi connectivity index (χ4n) is 4.04. The summed E-state index contributed by atoms with van der Waals surface area (Å²) >= 11 is 6.35. The molecule has 0 aromatic heterocycles. The molecule has 1 fully saturated rings. The third-order valence-electron chi connectivity index (χ3n) is 5.96. The summed E-state index contributed by atoms with van der Waals surface area (Å²) in [6, 6.07) is 16.6. The van der Waals surface area contributed by atoms with Gasteiger partial charge in [-0.15, -0.1) is 0 Å². The summed E-state index contributed by atoms with van der Waals surface area (Å²) in [5.74, 6) is 0.610. The molecule has 1 saturated carbocycles. The first kappa shape index (κ1) is 24.1. The summed E-state index contributed by atoms with van der Waals surface area (Å²) in [4.78, 5) is 27.8. The smallest absolute Gasteiger partial charge is 0.242 e. The van der Waals surface area contributed by atoms with Crippen LogP contribution in [0.15, 0.2) is 54.6 Å². The summed E-state index contributed by atoms with van der Waals surface area (Å²) in [6.07, 6.45) is 6.40. The number of hydrogen-bond acceptors (Lipinski definition) is 3. The minimum atomic E-state index is -0.573. The van der Waals surface area contributed by atoms with E-state index < -0.39 is 6.04 Å². The number of nitrogens with one attached hydrogen (secondary N) is 1. The van der Waals surface area contributed by atoms with E-state index in [1.165, 1.54) is 6.42 Å². The minimum absolute atomic E-state index is 0.0760. The molecular weight excluding hydrogens is 424 g/mol. The Morgan fingerprint density at radius 3 is 2.47 bits per heavy atom. The Morgan fingerprint density at radius 2 is 1.75 bits per heavy atom. The molecule has 0 saturated heterocycles. The van der Waals surface area contributed by atoms with Gasteiger partial charge in [-0.2, -0.15) is 0 Å². The first-order valence-electron chi connectivity index (χ1n) is 11.6. The zero-order valence-electron chi connectivity index (χ0n) is 18.8. The molecule has 2 aromatic carbocycles. The lowest BCUT2D eigenvalue weighted by Crippen LogP contribution is -2.50. The van der Waals surface area contributed by atoms with Gasteiger partial charge in [-0.1, -0.05) is 67.3 Å². The van der Waals surface area contributed by atoms with E-state index in [0.717, 1.165) is 37.0 Å². The fourth-order valence-corrected chi connectivity index (χ4v) is 4.23. The van der Waals surface area contributed by atoms with Crippen LogP contribution in [0.2, 0.25) is 5.02 Å². The van der Waals surface area contributed by atoms with Gasteiger partial charge in [-0.3, -0.25) is 9.59 Å². The largest absolute Gasteiger partial charge is 0.494 e. The van der Waals surface area contributed by atoms with Gasteiger partial charge in [0.25, 0.3) is 0 Å². The van der Waals surface area contributed by atoms with Gasteiger partial charge in [-0.05, 0) is 49.9 Å². The average Bonchev–Trinajstić information content (AvgIpc) is 2.82. The Labute approximate surface area is 196 Å². The lowest BCUT2D eigenvalue weighted by atomic mass is 9.95. The van der Waals surface area contributed by atoms with Gasteiger partial charge in [0.05, 0.1) is 6.61 Å². The highest BCUT2D eigenvalue weighted by molar-refractivity contribution is 6.31. The van der Waals surface area contributed by atoms with Crippen LogP contribution in [0.4, 0.5) is 0 Å². The second kappa shape index (κ2) is 12.5. The van der Waals surface area contributed by atoms with Crippen molar-refractivity contribution in [2.24, 2.45) is 0 Å². The van der Waals surface area contributed by atoms with Crippen LogP contribution in [-0.2, 0) is 16.1 Å². The molecule has 1 atom stereocenters. The van der Waals surface area contributed by atoms with Gasteiger partial charge in [-0.25, -0.2) is 0 Å². The summed E-state index contributed by atoms with van der Waals surface area (Å²) in [5, 5.41) is 3.75. The van der Waals surface area contributed by atoms with E-state index in [4.69, 9.17) is 16.3 Å². The van der Waals surface area contributed by atoms with E-state index in [1.54, 1.807) is 17.9 Å². The maximum absolute atomic E-state index is 13.2. The van der Waals surface area contributed by atoms with Crippen molar-refractivity contribution in [3.63, 3.8) is 0 Å². The van der Waals surface area contributed by atoms with Gasteiger partial charge >= 0.3 is 0 Å². The molecule has 2 amide bonds. The number of carbonyl (C=O) groups excluding carboxylic acids is 2. The molecular formula is C26H33ClN2O3. The highest BCUT2D eigenvalue weighted by Crippen LogP contribution is 2.21. The van der Waals surface area contributed by atoms with Crippen LogP contribution >= 0.6 is 11.6 Å². The molecule has 172 valence electrons. The van der Waals surface area contributed by atoms with Crippen molar-refractivity contribution in [2.45, 2.75) is 70.5 Å². The van der Waals surface area contributed by atoms with Crippen LogP contribution in [0.25, 0.3) is 0 Å². The van der Waals surface area contributed by atoms with E-state index in [9.17, 15) is 9.59 Å². The Balaban J connectivity index is 1.61. The standard InChI is InChI=1S/C26H33ClN2O3/c1-20(26(31)28-22-12-4-2-5-13-22)29(19-21-11-8-9-16-24(21)27)25(30)17-10-18-32-23-14-6-3-7-15-23/h3,6-9,11,14-16,20,22H,2,4-5,10,12-13,17-19H2,1H3,(H,28,31)/t20-/m0/s1. The monoisotopic (exact) mass is 456 g/mol. The lowest BCUT2D eigenvalue weighted by Gasteiger charge is -2.31. The molecule has 0 spiro atoms. The second-order valence-corrected chi connectivity index (χ2v) is 8.80. The van der Waals surface area contributed by atoms with Crippen LogP contribution in [0, 0.1) is 0 Å². The van der Waals surface area contributed by atoms with Crippen molar-refractivity contribution in [3.05, 3.63) is 65.2 Å². The lowest BCUT2D eigenvalue weighted by molar-refractivity contribution is -0.141. The van der Waals surface area contributed by atoms with E-state index in [-0.39, 0.29) is 17.9 Å². The number of amides is 2. The van der Waals surface area contributed by atoms with Crippen molar-refractivity contribution < 1.29 is 14.3 Å². The molecule has 0 heterocycles. The van der Waals surface area contributed by atoms with Crippen LogP contribution < -0.4 is 10.1 Å². The summed E-state index contributed by atoms with van der Waals surface area (Å²) in [5.41, 5.74) is 0.834.